The Kier molecular flexibility index (Phi) is 4.83. The van der Waals surface area contributed by atoms with Crippen LogP contribution >= 0.6 is 0 Å². The highest BCUT2D eigenvalue weighted by atomic mass is 32.2. The quantitative estimate of drug-likeness (QED) is 0.717. The highest BCUT2D eigenvalue weighted by Gasteiger charge is 2.21. The fourth-order valence-corrected chi connectivity index (χ4v) is 3.83. The molecule has 0 amide bonds. The molecular formula is C19H21NO4S. The third kappa shape index (κ3) is 3.70. The summed E-state index contributed by atoms with van der Waals surface area (Å²) in [5.41, 5.74) is 1.63. The standard InChI is InChI=1S/C19H21NO4S/c1-4-23-17-7-5-6-15-12-18(24-19(15)17)14(3)20-25(21,22)16-10-8-13(2)9-11-16/h5-12,14,20H,4H2,1-3H3/t14-/m0/s1. The van der Waals surface area contributed by atoms with Crippen LogP contribution in [0.25, 0.3) is 11.0 Å². The molecule has 0 radical (unpaired) electrons. The first-order valence-electron chi connectivity index (χ1n) is 8.15. The van der Waals surface area contributed by atoms with Crippen molar-refractivity contribution in [2.45, 2.75) is 31.7 Å². The number of hydrogen-bond acceptors (Lipinski definition) is 4. The van der Waals surface area contributed by atoms with E-state index in [0.29, 0.717) is 23.7 Å². The lowest BCUT2D eigenvalue weighted by molar-refractivity contribution is 0.336. The molecule has 3 rings (SSSR count). The molecule has 3 aromatic rings. The van der Waals surface area contributed by atoms with Crippen molar-refractivity contribution in [3.8, 4) is 5.75 Å². The molecular weight excluding hydrogens is 338 g/mol. The lowest BCUT2D eigenvalue weighted by Crippen LogP contribution is -2.26. The summed E-state index contributed by atoms with van der Waals surface area (Å²) >= 11 is 0. The normalized spacial score (nSPS) is 13.1. The topological polar surface area (TPSA) is 68.5 Å². The van der Waals surface area contributed by atoms with E-state index in [1.165, 1.54) is 0 Å². The molecule has 1 N–H and O–H groups in total. The second-order valence-corrected chi connectivity index (χ2v) is 7.63. The van der Waals surface area contributed by atoms with Gasteiger partial charge in [0, 0.05) is 5.39 Å². The van der Waals surface area contributed by atoms with Crippen LogP contribution in [-0.2, 0) is 10.0 Å². The van der Waals surface area contributed by atoms with E-state index < -0.39 is 16.1 Å². The van der Waals surface area contributed by atoms with Crippen LogP contribution < -0.4 is 9.46 Å². The largest absolute Gasteiger partial charge is 0.490 e. The zero-order chi connectivity index (χ0) is 18.0. The van der Waals surface area contributed by atoms with E-state index in [0.717, 1.165) is 10.9 Å². The van der Waals surface area contributed by atoms with E-state index in [2.05, 4.69) is 4.72 Å². The Balaban J connectivity index is 1.88. The van der Waals surface area contributed by atoms with Crippen molar-refractivity contribution >= 4 is 21.0 Å². The average Bonchev–Trinajstić information content (AvgIpc) is 3.00. The van der Waals surface area contributed by atoms with Crippen LogP contribution in [0, 0.1) is 6.92 Å². The van der Waals surface area contributed by atoms with Gasteiger partial charge in [0.1, 0.15) is 5.76 Å². The third-order valence-corrected chi connectivity index (χ3v) is 5.47. The number of fused-ring (bicyclic) bond motifs is 1. The molecule has 0 fully saturated rings. The molecule has 5 nitrogen and oxygen atoms in total. The van der Waals surface area contributed by atoms with Crippen LogP contribution in [0.1, 0.15) is 31.2 Å². The van der Waals surface area contributed by atoms with Crippen LogP contribution in [0.15, 0.2) is 57.8 Å². The van der Waals surface area contributed by atoms with Gasteiger partial charge in [-0.1, -0.05) is 29.8 Å². The van der Waals surface area contributed by atoms with E-state index in [9.17, 15) is 8.42 Å². The SMILES string of the molecule is CCOc1cccc2cc([C@H](C)NS(=O)(=O)c3ccc(C)cc3)oc12. The Morgan fingerprint density at radius 2 is 1.88 bits per heavy atom. The van der Waals surface area contributed by atoms with E-state index in [-0.39, 0.29) is 4.90 Å². The van der Waals surface area contributed by atoms with Gasteiger partial charge in [-0.25, -0.2) is 13.1 Å². The minimum Gasteiger partial charge on any atom is -0.490 e. The Morgan fingerprint density at radius 1 is 1.16 bits per heavy atom. The van der Waals surface area contributed by atoms with Gasteiger partial charge in [-0.2, -0.15) is 0 Å². The van der Waals surface area contributed by atoms with Crippen LogP contribution in [0.4, 0.5) is 0 Å². The Bertz CT molecular complexity index is 974. The fourth-order valence-electron chi connectivity index (χ4n) is 2.62. The fraction of sp³-hybridized carbons (Fsp3) is 0.263. The third-order valence-electron chi connectivity index (χ3n) is 3.92. The zero-order valence-corrected chi connectivity index (χ0v) is 15.3. The molecule has 6 heteroatoms. The van der Waals surface area contributed by atoms with E-state index in [1.807, 2.05) is 38.1 Å². The summed E-state index contributed by atoms with van der Waals surface area (Å²) in [6.07, 6.45) is 0. The molecule has 2 aromatic carbocycles. The lowest BCUT2D eigenvalue weighted by Gasteiger charge is -2.12. The van der Waals surface area contributed by atoms with Crippen molar-refractivity contribution in [3.63, 3.8) is 0 Å². The number of furan rings is 1. The molecule has 0 saturated heterocycles. The zero-order valence-electron chi connectivity index (χ0n) is 14.4. The lowest BCUT2D eigenvalue weighted by atomic mass is 10.2. The first kappa shape index (κ1) is 17.5. The van der Waals surface area contributed by atoms with E-state index >= 15 is 0 Å². The highest BCUT2D eigenvalue weighted by molar-refractivity contribution is 7.89. The van der Waals surface area contributed by atoms with Crippen molar-refractivity contribution in [3.05, 3.63) is 59.9 Å². The number of aryl methyl sites for hydroxylation is 1. The predicted molar refractivity (Wildman–Crippen MR) is 97.3 cm³/mol. The summed E-state index contributed by atoms with van der Waals surface area (Å²) in [6, 6.07) is 13.7. The Morgan fingerprint density at radius 3 is 2.56 bits per heavy atom. The number of rotatable bonds is 6. The molecule has 0 spiro atoms. The molecule has 1 heterocycles. The summed E-state index contributed by atoms with van der Waals surface area (Å²) in [4.78, 5) is 0.232. The van der Waals surface area contributed by atoms with Gasteiger partial charge in [0.15, 0.2) is 11.3 Å². The van der Waals surface area contributed by atoms with Crippen molar-refractivity contribution < 1.29 is 17.6 Å². The van der Waals surface area contributed by atoms with Crippen LogP contribution in [-0.4, -0.2) is 15.0 Å². The van der Waals surface area contributed by atoms with Crippen molar-refractivity contribution in [1.29, 1.82) is 0 Å². The minimum atomic E-state index is -3.62. The maximum Gasteiger partial charge on any atom is 0.241 e. The van der Waals surface area contributed by atoms with Gasteiger partial charge in [0.25, 0.3) is 0 Å². The summed E-state index contributed by atoms with van der Waals surface area (Å²) in [5, 5.41) is 0.877. The summed E-state index contributed by atoms with van der Waals surface area (Å²) in [6.45, 7) is 6.10. The molecule has 1 atom stereocenters. The van der Waals surface area contributed by atoms with Gasteiger partial charge in [-0.05, 0) is 45.0 Å². The Labute approximate surface area is 147 Å². The number of ether oxygens (including phenoxy) is 1. The summed E-state index contributed by atoms with van der Waals surface area (Å²) in [5.74, 6) is 1.19. The predicted octanol–water partition coefficient (Wildman–Crippen LogP) is 4.18. The monoisotopic (exact) mass is 359 g/mol. The average molecular weight is 359 g/mol. The number of benzene rings is 2. The van der Waals surface area contributed by atoms with E-state index in [4.69, 9.17) is 9.15 Å². The number of para-hydroxylation sites is 1. The van der Waals surface area contributed by atoms with Gasteiger partial charge in [-0.15, -0.1) is 0 Å². The summed E-state index contributed by atoms with van der Waals surface area (Å²) in [7, 11) is -3.62. The van der Waals surface area contributed by atoms with Gasteiger partial charge in [0.05, 0.1) is 17.5 Å². The molecule has 0 bridgehead atoms. The second kappa shape index (κ2) is 6.90. The van der Waals surface area contributed by atoms with Crippen molar-refractivity contribution in [2.75, 3.05) is 6.61 Å². The molecule has 1 aromatic heterocycles. The van der Waals surface area contributed by atoms with E-state index in [1.54, 1.807) is 31.2 Å². The maximum atomic E-state index is 12.5. The van der Waals surface area contributed by atoms with Crippen LogP contribution in [0.5, 0.6) is 5.75 Å². The molecule has 0 saturated carbocycles. The molecule has 0 aliphatic carbocycles. The van der Waals surface area contributed by atoms with Gasteiger partial charge in [-0.3, -0.25) is 0 Å². The smallest absolute Gasteiger partial charge is 0.241 e. The number of sulfonamides is 1. The van der Waals surface area contributed by atoms with Crippen molar-refractivity contribution in [1.82, 2.24) is 4.72 Å². The number of hydrogen-bond donors (Lipinski definition) is 1. The van der Waals surface area contributed by atoms with Gasteiger partial charge < -0.3 is 9.15 Å². The number of nitrogens with one attached hydrogen (secondary N) is 1. The molecule has 132 valence electrons. The maximum absolute atomic E-state index is 12.5. The first-order valence-corrected chi connectivity index (χ1v) is 9.63. The summed E-state index contributed by atoms with van der Waals surface area (Å²) < 4.78 is 39.2. The molecule has 25 heavy (non-hydrogen) atoms. The van der Waals surface area contributed by atoms with Gasteiger partial charge >= 0.3 is 0 Å². The Hall–Kier alpha value is -2.31. The minimum absolute atomic E-state index is 0.232. The van der Waals surface area contributed by atoms with Crippen LogP contribution in [0.2, 0.25) is 0 Å². The molecule has 0 aliphatic heterocycles. The molecule has 0 unspecified atom stereocenters. The second-order valence-electron chi connectivity index (χ2n) is 5.91. The highest BCUT2D eigenvalue weighted by Crippen LogP contribution is 2.31. The first-order chi connectivity index (χ1) is 11.9. The van der Waals surface area contributed by atoms with Crippen LogP contribution in [0.3, 0.4) is 0 Å². The van der Waals surface area contributed by atoms with Gasteiger partial charge in [0.2, 0.25) is 10.0 Å². The molecule has 0 aliphatic rings. The van der Waals surface area contributed by atoms with Crippen molar-refractivity contribution in [2.24, 2.45) is 0 Å².